The van der Waals surface area contributed by atoms with E-state index in [4.69, 9.17) is 10.8 Å². The molecule has 0 aromatic rings. The molecule has 0 unspecified atom stereocenters. The topological polar surface area (TPSA) is 113 Å². The quantitative estimate of drug-likeness (QED) is 0.440. The molecule has 0 aliphatic heterocycles. The van der Waals surface area contributed by atoms with E-state index < -0.39 is 11.9 Å². The molecule has 0 saturated carbocycles. The maximum Gasteiger partial charge on any atom is 0.317 e. The van der Waals surface area contributed by atoms with Crippen molar-refractivity contribution in [2.75, 3.05) is 26.2 Å². The molecule has 98 valence electrons. The normalized spacial score (nSPS) is 10.2. The molecule has 0 aromatic carbocycles. The molecule has 4 N–H and O–H groups in total. The molecule has 0 aliphatic rings. The van der Waals surface area contributed by atoms with E-state index in [2.05, 4.69) is 5.32 Å². The summed E-state index contributed by atoms with van der Waals surface area (Å²) in [5.74, 6) is -2.07. The van der Waals surface area contributed by atoms with Gasteiger partial charge in [0.15, 0.2) is 0 Å². The summed E-state index contributed by atoms with van der Waals surface area (Å²) in [5, 5.41) is 11.2. The van der Waals surface area contributed by atoms with Crippen LogP contribution in [0.1, 0.15) is 19.8 Å². The number of carboxylic acids is 1. The number of carboxylic acid groups (broad SMARTS) is 1. The fraction of sp³-hybridized carbons (Fsp3) is 0.700. The van der Waals surface area contributed by atoms with E-state index in [9.17, 15) is 14.4 Å². The summed E-state index contributed by atoms with van der Waals surface area (Å²) < 4.78 is 0. The Balaban J connectivity index is 4.07. The van der Waals surface area contributed by atoms with Crippen molar-refractivity contribution in [1.29, 1.82) is 0 Å². The number of nitrogens with zero attached hydrogens (tertiary/aromatic N) is 1. The molecule has 0 atom stereocenters. The largest absolute Gasteiger partial charge is 0.480 e. The molecule has 0 aliphatic carbocycles. The number of amides is 2. The van der Waals surface area contributed by atoms with Crippen molar-refractivity contribution in [2.45, 2.75) is 19.8 Å². The number of nitrogens with two attached hydrogens (primary N) is 1. The molecule has 0 saturated heterocycles. The van der Waals surface area contributed by atoms with Crippen molar-refractivity contribution in [1.82, 2.24) is 10.2 Å². The number of nitrogens with one attached hydrogen (secondary N) is 1. The van der Waals surface area contributed by atoms with Crippen LogP contribution in [0.2, 0.25) is 0 Å². The molecule has 0 spiro atoms. The van der Waals surface area contributed by atoms with Crippen LogP contribution in [0.25, 0.3) is 0 Å². The minimum atomic E-state index is -1.10. The van der Waals surface area contributed by atoms with Gasteiger partial charge in [0.1, 0.15) is 0 Å². The first-order valence-electron chi connectivity index (χ1n) is 5.44. The second-order valence-corrected chi connectivity index (χ2v) is 3.71. The third-order valence-electron chi connectivity index (χ3n) is 1.96. The number of hydrogen-bond acceptors (Lipinski definition) is 4. The Kier molecular flexibility index (Phi) is 7.70. The van der Waals surface area contributed by atoms with Crippen molar-refractivity contribution in [3.05, 3.63) is 0 Å². The second kappa shape index (κ2) is 8.51. The molecule has 0 heterocycles. The summed E-state index contributed by atoms with van der Waals surface area (Å²) in [4.78, 5) is 33.8. The van der Waals surface area contributed by atoms with Gasteiger partial charge in [-0.3, -0.25) is 19.3 Å². The molecule has 7 nitrogen and oxygen atoms in total. The first kappa shape index (κ1) is 15.4. The van der Waals surface area contributed by atoms with E-state index >= 15 is 0 Å². The Morgan fingerprint density at radius 2 is 1.88 bits per heavy atom. The van der Waals surface area contributed by atoms with Crippen molar-refractivity contribution >= 4 is 17.8 Å². The van der Waals surface area contributed by atoms with Gasteiger partial charge >= 0.3 is 5.97 Å². The van der Waals surface area contributed by atoms with Gasteiger partial charge in [0.2, 0.25) is 11.8 Å². The minimum absolute atomic E-state index is 0.140. The predicted octanol–water partition coefficient (Wildman–Crippen LogP) is -1.23. The molecular formula is C10H19N3O4. The van der Waals surface area contributed by atoms with Gasteiger partial charge < -0.3 is 16.2 Å². The number of hydrogen-bond donors (Lipinski definition) is 3. The number of rotatable bonds is 9. The Hall–Kier alpha value is -1.63. The Labute approximate surface area is 100.0 Å². The average Bonchev–Trinajstić information content (AvgIpc) is 2.15. The van der Waals surface area contributed by atoms with E-state index in [1.54, 1.807) is 0 Å². The smallest absolute Gasteiger partial charge is 0.317 e. The predicted molar refractivity (Wildman–Crippen MR) is 61.2 cm³/mol. The first-order valence-corrected chi connectivity index (χ1v) is 5.44. The van der Waals surface area contributed by atoms with Crippen LogP contribution in [0.5, 0.6) is 0 Å². The Morgan fingerprint density at radius 1 is 1.24 bits per heavy atom. The maximum atomic E-state index is 11.4. The van der Waals surface area contributed by atoms with Crippen LogP contribution < -0.4 is 11.1 Å². The fourth-order valence-electron chi connectivity index (χ4n) is 1.24. The van der Waals surface area contributed by atoms with Gasteiger partial charge in [-0.1, -0.05) is 13.3 Å². The van der Waals surface area contributed by atoms with Crippen LogP contribution in [0.15, 0.2) is 0 Å². The standard InChI is InChI=1S/C10H19N3O4/c1-2-3-4-12-9(15)6-13(5-8(11)14)7-10(16)17/h2-7H2,1H3,(H2,11,14)(H,12,15)(H,16,17). The second-order valence-electron chi connectivity index (χ2n) is 3.71. The maximum absolute atomic E-state index is 11.4. The van der Waals surface area contributed by atoms with Crippen LogP contribution in [-0.2, 0) is 14.4 Å². The van der Waals surface area contributed by atoms with E-state index in [1.807, 2.05) is 6.92 Å². The zero-order chi connectivity index (χ0) is 13.3. The zero-order valence-electron chi connectivity index (χ0n) is 9.94. The summed E-state index contributed by atoms with van der Waals surface area (Å²) in [6, 6.07) is 0. The Morgan fingerprint density at radius 3 is 2.35 bits per heavy atom. The van der Waals surface area contributed by atoms with Gasteiger partial charge in [-0.15, -0.1) is 0 Å². The summed E-state index contributed by atoms with van der Waals surface area (Å²) in [5.41, 5.74) is 4.96. The van der Waals surface area contributed by atoms with Gasteiger partial charge in [-0.05, 0) is 6.42 Å². The summed E-state index contributed by atoms with van der Waals surface area (Å²) >= 11 is 0. The zero-order valence-corrected chi connectivity index (χ0v) is 9.94. The lowest BCUT2D eigenvalue weighted by molar-refractivity contribution is -0.139. The van der Waals surface area contributed by atoms with E-state index in [0.29, 0.717) is 6.54 Å². The van der Waals surface area contributed by atoms with Crippen molar-refractivity contribution in [2.24, 2.45) is 5.73 Å². The van der Waals surface area contributed by atoms with E-state index in [0.717, 1.165) is 12.8 Å². The third-order valence-corrected chi connectivity index (χ3v) is 1.96. The summed E-state index contributed by atoms with van der Waals surface area (Å²) in [6.45, 7) is 1.78. The van der Waals surface area contributed by atoms with Crippen molar-refractivity contribution in [3.8, 4) is 0 Å². The van der Waals surface area contributed by atoms with Gasteiger partial charge in [-0.25, -0.2) is 0 Å². The molecular weight excluding hydrogens is 226 g/mol. The lowest BCUT2D eigenvalue weighted by Crippen LogP contribution is -2.43. The van der Waals surface area contributed by atoms with E-state index in [-0.39, 0.29) is 25.5 Å². The van der Waals surface area contributed by atoms with Gasteiger partial charge in [0.05, 0.1) is 19.6 Å². The highest BCUT2D eigenvalue weighted by atomic mass is 16.4. The molecule has 0 rings (SSSR count). The highest BCUT2D eigenvalue weighted by Crippen LogP contribution is 1.89. The SMILES string of the molecule is CCCCNC(=O)CN(CC(N)=O)CC(=O)O. The first-order chi connectivity index (χ1) is 7.95. The molecule has 0 aromatic heterocycles. The van der Waals surface area contributed by atoms with E-state index in [1.165, 1.54) is 4.90 Å². The van der Waals surface area contributed by atoms with Crippen LogP contribution >= 0.6 is 0 Å². The van der Waals surface area contributed by atoms with Crippen LogP contribution in [0.3, 0.4) is 0 Å². The van der Waals surface area contributed by atoms with Crippen LogP contribution in [-0.4, -0.2) is 54.0 Å². The van der Waals surface area contributed by atoms with Crippen LogP contribution in [0, 0.1) is 0 Å². The molecule has 0 bridgehead atoms. The molecule has 0 fully saturated rings. The van der Waals surface area contributed by atoms with Gasteiger partial charge in [-0.2, -0.15) is 0 Å². The number of carbonyl (C=O) groups is 3. The lowest BCUT2D eigenvalue weighted by Gasteiger charge is -2.17. The number of unbranched alkanes of at least 4 members (excludes halogenated alkanes) is 1. The minimum Gasteiger partial charge on any atom is -0.480 e. The molecule has 0 radical (unpaired) electrons. The monoisotopic (exact) mass is 245 g/mol. The van der Waals surface area contributed by atoms with Crippen molar-refractivity contribution < 1.29 is 19.5 Å². The molecule has 2 amide bonds. The number of aliphatic carboxylic acids is 1. The average molecular weight is 245 g/mol. The fourth-order valence-corrected chi connectivity index (χ4v) is 1.24. The van der Waals surface area contributed by atoms with Gasteiger partial charge in [0, 0.05) is 6.54 Å². The highest BCUT2D eigenvalue weighted by molar-refractivity contribution is 5.81. The third kappa shape index (κ3) is 9.31. The van der Waals surface area contributed by atoms with Crippen molar-refractivity contribution in [3.63, 3.8) is 0 Å². The number of primary amides is 1. The Bertz CT molecular complexity index is 265. The molecule has 7 heteroatoms. The highest BCUT2D eigenvalue weighted by Gasteiger charge is 2.15. The van der Waals surface area contributed by atoms with Crippen LogP contribution in [0.4, 0.5) is 0 Å². The lowest BCUT2D eigenvalue weighted by atomic mass is 10.3. The van der Waals surface area contributed by atoms with Gasteiger partial charge in [0.25, 0.3) is 0 Å². The summed E-state index contributed by atoms with van der Waals surface area (Å²) in [6.07, 6.45) is 1.82. The number of carbonyl (C=O) groups excluding carboxylic acids is 2. The molecule has 17 heavy (non-hydrogen) atoms. The summed E-state index contributed by atoms with van der Waals surface area (Å²) in [7, 11) is 0.